The molecule has 0 unspecified atom stereocenters. The average Bonchev–Trinajstić information content (AvgIpc) is 2.78. The Morgan fingerprint density at radius 3 is 2.63 bits per heavy atom. The maximum atomic E-state index is 13.8. The molecule has 1 aromatic carbocycles. The van der Waals surface area contributed by atoms with E-state index in [-0.39, 0.29) is 17.8 Å². The summed E-state index contributed by atoms with van der Waals surface area (Å²) in [5.74, 6) is -4.27. The van der Waals surface area contributed by atoms with Gasteiger partial charge in [-0.2, -0.15) is 5.10 Å². The molecule has 0 atom stereocenters. The number of anilines is 1. The maximum Gasteiger partial charge on any atom is 0.225 e. The van der Waals surface area contributed by atoms with Gasteiger partial charge < -0.3 is 5.32 Å². The van der Waals surface area contributed by atoms with Crippen molar-refractivity contribution in [3.63, 3.8) is 0 Å². The second-order valence-corrected chi connectivity index (χ2v) is 4.67. The van der Waals surface area contributed by atoms with Crippen LogP contribution in [0.4, 0.5) is 19.0 Å². The predicted molar refractivity (Wildman–Crippen MR) is 67.2 cm³/mol. The molecule has 0 aliphatic rings. The Bertz CT molecular complexity index is 656. The van der Waals surface area contributed by atoms with Crippen molar-refractivity contribution >= 4 is 38.6 Å². The molecular formula is C11H9BrF3N3O. The van der Waals surface area contributed by atoms with E-state index >= 15 is 0 Å². The molecule has 0 radical (unpaired) electrons. The molecule has 102 valence electrons. The molecule has 1 heterocycles. The molecule has 19 heavy (non-hydrogen) atoms. The lowest BCUT2D eigenvalue weighted by Gasteiger charge is -2.04. The van der Waals surface area contributed by atoms with Gasteiger partial charge >= 0.3 is 0 Å². The van der Waals surface area contributed by atoms with E-state index in [0.717, 1.165) is 0 Å². The van der Waals surface area contributed by atoms with Gasteiger partial charge in [-0.1, -0.05) is 6.92 Å². The lowest BCUT2D eigenvalue weighted by molar-refractivity contribution is -0.116. The van der Waals surface area contributed by atoms with E-state index in [1.807, 2.05) is 0 Å². The van der Waals surface area contributed by atoms with Crippen LogP contribution in [0, 0.1) is 17.5 Å². The molecule has 1 aromatic heterocycles. The molecule has 8 heteroatoms. The molecule has 0 aliphatic carbocycles. The lowest BCUT2D eigenvalue weighted by atomic mass is 10.2. The van der Waals surface area contributed by atoms with Crippen LogP contribution in [0.5, 0.6) is 0 Å². The number of hydrogen-bond acceptors (Lipinski definition) is 2. The van der Waals surface area contributed by atoms with Gasteiger partial charge in [0.2, 0.25) is 5.91 Å². The Morgan fingerprint density at radius 1 is 1.32 bits per heavy atom. The highest BCUT2D eigenvalue weighted by Crippen LogP contribution is 2.33. The third-order valence-electron chi connectivity index (χ3n) is 2.52. The van der Waals surface area contributed by atoms with Crippen molar-refractivity contribution in [2.24, 2.45) is 0 Å². The summed E-state index contributed by atoms with van der Waals surface area (Å²) < 4.78 is 40.3. The number of nitrogens with one attached hydrogen (secondary N) is 2. The Hall–Kier alpha value is -1.57. The molecule has 0 bridgehead atoms. The summed E-state index contributed by atoms with van der Waals surface area (Å²) in [4.78, 5) is 11.4. The molecule has 2 aromatic rings. The first-order valence-corrected chi connectivity index (χ1v) is 6.26. The Balaban J connectivity index is 2.57. The van der Waals surface area contributed by atoms with Crippen molar-refractivity contribution in [1.29, 1.82) is 0 Å². The second-order valence-electron chi connectivity index (χ2n) is 3.88. The number of rotatable bonds is 3. The summed E-state index contributed by atoms with van der Waals surface area (Å²) in [7, 11) is 0. The lowest BCUT2D eigenvalue weighted by Crippen LogP contribution is -2.11. The summed E-state index contributed by atoms with van der Waals surface area (Å²) in [6.45, 7) is 1.79. The average molecular weight is 336 g/mol. The molecule has 0 aliphatic heterocycles. The summed E-state index contributed by atoms with van der Waals surface area (Å²) in [6, 6.07) is 0. The monoisotopic (exact) mass is 335 g/mol. The molecule has 2 N–H and O–H groups in total. The number of H-pyrrole nitrogens is 1. The van der Waals surface area contributed by atoms with Crippen LogP contribution in [0.1, 0.15) is 19.8 Å². The number of benzene rings is 1. The van der Waals surface area contributed by atoms with Crippen molar-refractivity contribution < 1.29 is 18.0 Å². The van der Waals surface area contributed by atoms with Crippen LogP contribution in [0.3, 0.4) is 0 Å². The highest BCUT2D eigenvalue weighted by atomic mass is 79.9. The zero-order chi connectivity index (χ0) is 14.2. The van der Waals surface area contributed by atoms with Gasteiger partial charge in [0.25, 0.3) is 0 Å². The zero-order valence-corrected chi connectivity index (χ0v) is 11.4. The molecule has 2 rings (SSSR count). The predicted octanol–water partition coefficient (Wildman–Crippen LogP) is 3.48. The molecular weight excluding hydrogens is 327 g/mol. The SMILES string of the molecule is CCCC(=O)Nc1n[nH]c2c(F)c(Br)c(F)c(F)c12. The van der Waals surface area contributed by atoms with Crippen LogP contribution in [0.25, 0.3) is 10.9 Å². The summed E-state index contributed by atoms with van der Waals surface area (Å²) in [5.41, 5.74) is -0.308. The van der Waals surface area contributed by atoms with Gasteiger partial charge in [0.1, 0.15) is 5.52 Å². The number of halogens is 4. The number of carbonyl (C=O) groups excluding carboxylic acids is 1. The summed E-state index contributed by atoms with van der Waals surface area (Å²) in [6.07, 6.45) is 0.794. The largest absolute Gasteiger partial charge is 0.309 e. The standard InChI is InChI=1S/C11H9BrF3N3O/c1-2-3-4(19)16-11-5-7(13)8(14)6(12)9(15)10(5)17-18-11/h2-3H2,1H3,(H2,16,17,18,19). The van der Waals surface area contributed by atoms with E-state index in [4.69, 9.17) is 0 Å². The molecule has 4 nitrogen and oxygen atoms in total. The van der Waals surface area contributed by atoms with Crippen molar-refractivity contribution in [1.82, 2.24) is 10.2 Å². The number of carbonyl (C=O) groups is 1. The fraction of sp³-hybridized carbons (Fsp3) is 0.273. The van der Waals surface area contributed by atoms with Gasteiger partial charge in [0.15, 0.2) is 23.3 Å². The van der Waals surface area contributed by atoms with E-state index in [2.05, 4.69) is 31.4 Å². The van der Waals surface area contributed by atoms with Gasteiger partial charge in [-0.25, -0.2) is 13.2 Å². The van der Waals surface area contributed by atoms with Crippen LogP contribution in [-0.2, 0) is 4.79 Å². The van der Waals surface area contributed by atoms with Gasteiger partial charge in [0.05, 0.1) is 9.86 Å². The van der Waals surface area contributed by atoms with E-state index in [1.54, 1.807) is 6.92 Å². The van der Waals surface area contributed by atoms with E-state index < -0.39 is 33.2 Å². The molecule has 1 amide bonds. The van der Waals surface area contributed by atoms with Crippen molar-refractivity contribution in [3.05, 3.63) is 21.9 Å². The topological polar surface area (TPSA) is 57.8 Å². The van der Waals surface area contributed by atoms with Crippen molar-refractivity contribution in [3.8, 4) is 0 Å². The van der Waals surface area contributed by atoms with Gasteiger partial charge in [0, 0.05) is 6.42 Å². The number of fused-ring (bicyclic) bond motifs is 1. The minimum Gasteiger partial charge on any atom is -0.309 e. The smallest absolute Gasteiger partial charge is 0.225 e. The van der Waals surface area contributed by atoms with Crippen LogP contribution in [-0.4, -0.2) is 16.1 Å². The first-order chi connectivity index (χ1) is 8.97. The van der Waals surface area contributed by atoms with Gasteiger partial charge in [-0.15, -0.1) is 0 Å². The van der Waals surface area contributed by atoms with E-state index in [1.165, 1.54) is 0 Å². The number of nitrogens with zero attached hydrogens (tertiary/aromatic N) is 1. The second kappa shape index (κ2) is 5.20. The van der Waals surface area contributed by atoms with Gasteiger partial charge in [-0.3, -0.25) is 9.89 Å². The fourth-order valence-electron chi connectivity index (χ4n) is 1.64. The molecule has 0 fully saturated rings. The van der Waals surface area contributed by atoms with Crippen LogP contribution in [0.15, 0.2) is 4.47 Å². The van der Waals surface area contributed by atoms with Crippen LogP contribution < -0.4 is 5.32 Å². The first kappa shape index (κ1) is 13.9. The quantitative estimate of drug-likeness (QED) is 0.666. The van der Waals surface area contributed by atoms with Crippen molar-refractivity contribution in [2.45, 2.75) is 19.8 Å². The van der Waals surface area contributed by atoms with Crippen molar-refractivity contribution in [2.75, 3.05) is 5.32 Å². The molecule has 0 spiro atoms. The number of aromatic nitrogens is 2. The highest BCUT2D eigenvalue weighted by molar-refractivity contribution is 9.10. The Labute approximate surface area is 114 Å². The highest BCUT2D eigenvalue weighted by Gasteiger charge is 2.23. The Morgan fingerprint density at radius 2 is 2.00 bits per heavy atom. The first-order valence-electron chi connectivity index (χ1n) is 5.47. The normalized spacial score (nSPS) is 11.0. The third kappa shape index (κ3) is 2.32. The Kier molecular flexibility index (Phi) is 3.79. The third-order valence-corrected chi connectivity index (χ3v) is 3.21. The number of hydrogen-bond donors (Lipinski definition) is 2. The van der Waals surface area contributed by atoms with E-state index in [0.29, 0.717) is 6.42 Å². The van der Waals surface area contributed by atoms with Crippen LogP contribution >= 0.6 is 15.9 Å². The van der Waals surface area contributed by atoms with Gasteiger partial charge in [-0.05, 0) is 22.4 Å². The zero-order valence-electron chi connectivity index (χ0n) is 9.78. The maximum absolute atomic E-state index is 13.8. The summed E-state index contributed by atoms with van der Waals surface area (Å²) in [5, 5.41) is 7.73. The molecule has 0 saturated heterocycles. The van der Waals surface area contributed by atoms with Crippen LogP contribution in [0.2, 0.25) is 0 Å². The fourth-order valence-corrected chi connectivity index (χ4v) is 2.01. The minimum absolute atomic E-state index is 0.206. The number of aromatic amines is 1. The van der Waals surface area contributed by atoms with E-state index in [9.17, 15) is 18.0 Å². The molecule has 0 saturated carbocycles. The number of amides is 1. The summed E-state index contributed by atoms with van der Waals surface area (Å²) >= 11 is 2.61. The minimum atomic E-state index is -1.36.